The van der Waals surface area contributed by atoms with Crippen LogP contribution in [0.5, 0.6) is 0 Å². The Bertz CT molecular complexity index is 386. The minimum Gasteiger partial charge on any atom is -0.381 e. The van der Waals surface area contributed by atoms with E-state index in [1.165, 1.54) is 0 Å². The number of rotatable bonds is 4. The molecular weight excluding hydrogens is 286 g/mol. The summed E-state index contributed by atoms with van der Waals surface area (Å²) in [5.74, 6) is 0. The Morgan fingerprint density at radius 3 is 3.00 bits per heavy atom. The van der Waals surface area contributed by atoms with Crippen molar-refractivity contribution in [1.82, 2.24) is 14.7 Å². The van der Waals surface area contributed by atoms with Crippen LogP contribution in [-0.2, 0) is 16.9 Å². The standard InChI is InChI=1S/C11H18BrN3O2/c1-14(2)4-5-15-10(9(12)7-13-15)11(16)3-6-17-8-11/h7,16H,3-6,8H2,1-2H3. The Morgan fingerprint density at radius 1 is 1.65 bits per heavy atom. The average Bonchev–Trinajstić information content (AvgIpc) is 2.83. The van der Waals surface area contributed by atoms with Crippen molar-refractivity contribution in [3.8, 4) is 0 Å². The van der Waals surface area contributed by atoms with Gasteiger partial charge in [-0.1, -0.05) is 0 Å². The van der Waals surface area contributed by atoms with E-state index in [0.717, 1.165) is 23.3 Å². The molecule has 1 aliphatic heterocycles. The molecule has 0 amide bonds. The molecule has 0 aromatic carbocycles. The van der Waals surface area contributed by atoms with Gasteiger partial charge in [0, 0.05) is 19.6 Å². The highest BCUT2D eigenvalue weighted by atomic mass is 79.9. The lowest BCUT2D eigenvalue weighted by molar-refractivity contribution is 0.0144. The molecule has 1 saturated heterocycles. The lowest BCUT2D eigenvalue weighted by atomic mass is 9.99. The van der Waals surface area contributed by atoms with Crippen molar-refractivity contribution in [2.75, 3.05) is 33.9 Å². The third-order valence-corrected chi connectivity index (χ3v) is 3.58. The molecule has 1 aromatic rings. The summed E-state index contributed by atoms with van der Waals surface area (Å²) >= 11 is 3.46. The maximum atomic E-state index is 10.5. The molecule has 17 heavy (non-hydrogen) atoms. The molecule has 0 saturated carbocycles. The second-order valence-electron chi connectivity index (χ2n) is 4.70. The van der Waals surface area contributed by atoms with Gasteiger partial charge in [0.15, 0.2) is 0 Å². The fourth-order valence-corrected chi connectivity index (χ4v) is 2.70. The minimum atomic E-state index is -0.901. The molecular formula is C11H18BrN3O2. The van der Waals surface area contributed by atoms with Gasteiger partial charge in [0.25, 0.3) is 0 Å². The molecule has 1 atom stereocenters. The van der Waals surface area contributed by atoms with Crippen LogP contribution < -0.4 is 0 Å². The Hall–Kier alpha value is -0.430. The van der Waals surface area contributed by atoms with Gasteiger partial charge in [-0.3, -0.25) is 4.68 Å². The minimum absolute atomic E-state index is 0.346. The Kier molecular flexibility index (Phi) is 3.87. The molecule has 0 radical (unpaired) electrons. The monoisotopic (exact) mass is 303 g/mol. The number of ether oxygens (including phenoxy) is 1. The van der Waals surface area contributed by atoms with Crippen LogP contribution in [0.4, 0.5) is 0 Å². The molecule has 1 aliphatic rings. The van der Waals surface area contributed by atoms with Crippen LogP contribution in [0.3, 0.4) is 0 Å². The third-order valence-electron chi connectivity index (χ3n) is 3.00. The topological polar surface area (TPSA) is 50.5 Å². The first-order valence-electron chi connectivity index (χ1n) is 5.69. The van der Waals surface area contributed by atoms with Gasteiger partial charge in [0.1, 0.15) is 5.60 Å². The fraction of sp³-hybridized carbons (Fsp3) is 0.727. The van der Waals surface area contributed by atoms with E-state index < -0.39 is 5.60 Å². The van der Waals surface area contributed by atoms with E-state index in [9.17, 15) is 5.11 Å². The normalized spacial score (nSPS) is 24.8. The number of aliphatic hydroxyl groups is 1. The molecule has 1 N–H and O–H groups in total. The van der Waals surface area contributed by atoms with Gasteiger partial charge in [-0.15, -0.1) is 0 Å². The maximum absolute atomic E-state index is 10.5. The van der Waals surface area contributed by atoms with Crippen LogP contribution in [0.2, 0.25) is 0 Å². The van der Waals surface area contributed by atoms with E-state index in [4.69, 9.17) is 4.74 Å². The predicted molar refractivity (Wildman–Crippen MR) is 67.8 cm³/mol. The molecule has 1 unspecified atom stereocenters. The first kappa shape index (κ1) is 13.0. The summed E-state index contributed by atoms with van der Waals surface area (Å²) in [7, 11) is 4.04. The van der Waals surface area contributed by atoms with Gasteiger partial charge in [-0.05, 0) is 30.0 Å². The van der Waals surface area contributed by atoms with Crippen molar-refractivity contribution < 1.29 is 9.84 Å². The zero-order valence-corrected chi connectivity index (χ0v) is 11.8. The van der Waals surface area contributed by atoms with Crippen molar-refractivity contribution in [2.24, 2.45) is 0 Å². The molecule has 6 heteroatoms. The molecule has 0 bridgehead atoms. The lowest BCUT2D eigenvalue weighted by Gasteiger charge is -2.23. The van der Waals surface area contributed by atoms with Crippen LogP contribution in [0.25, 0.3) is 0 Å². The Labute approximate surface area is 109 Å². The molecule has 96 valence electrons. The summed E-state index contributed by atoms with van der Waals surface area (Å²) in [5, 5.41) is 14.9. The van der Waals surface area contributed by atoms with Crippen LogP contribution in [0.1, 0.15) is 12.1 Å². The molecule has 2 heterocycles. The van der Waals surface area contributed by atoms with E-state index in [1.807, 2.05) is 18.8 Å². The highest BCUT2D eigenvalue weighted by Crippen LogP contribution is 2.34. The molecule has 1 fully saturated rings. The Morgan fingerprint density at radius 2 is 2.41 bits per heavy atom. The van der Waals surface area contributed by atoms with Crippen molar-refractivity contribution in [2.45, 2.75) is 18.6 Å². The van der Waals surface area contributed by atoms with E-state index in [2.05, 4.69) is 25.9 Å². The summed E-state index contributed by atoms with van der Waals surface area (Å²) in [6.07, 6.45) is 2.36. The predicted octanol–water partition coefficient (Wildman–Crippen LogP) is 0.815. The SMILES string of the molecule is CN(C)CCn1ncc(Br)c1C1(O)CCOC1. The summed E-state index contributed by atoms with van der Waals surface area (Å²) in [6, 6.07) is 0. The quantitative estimate of drug-likeness (QED) is 0.894. The van der Waals surface area contributed by atoms with Crippen molar-refractivity contribution in [3.05, 3.63) is 16.4 Å². The number of nitrogens with zero attached hydrogens (tertiary/aromatic N) is 3. The van der Waals surface area contributed by atoms with Crippen LogP contribution in [0.15, 0.2) is 10.7 Å². The molecule has 0 aliphatic carbocycles. The third kappa shape index (κ3) is 2.70. The van der Waals surface area contributed by atoms with Gasteiger partial charge >= 0.3 is 0 Å². The van der Waals surface area contributed by atoms with Gasteiger partial charge in [0.2, 0.25) is 0 Å². The number of aromatic nitrogens is 2. The van der Waals surface area contributed by atoms with E-state index in [0.29, 0.717) is 19.6 Å². The summed E-state index contributed by atoms with van der Waals surface area (Å²) in [4.78, 5) is 2.09. The van der Waals surface area contributed by atoms with Crippen LogP contribution in [0, 0.1) is 0 Å². The Balaban J connectivity index is 2.23. The zero-order chi connectivity index (χ0) is 12.5. The fourth-order valence-electron chi connectivity index (χ4n) is 2.03. The lowest BCUT2D eigenvalue weighted by Crippen LogP contribution is -2.31. The van der Waals surface area contributed by atoms with Crippen LogP contribution in [-0.4, -0.2) is 53.6 Å². The van der Waals surface area contributed by atoms with Gasteiger partial charge < -0.3 is 14.7 Å². The zero-order valence-electron chi connectivity index (χ0n) is 10.2. The highest BCUT2D eigenvalue weighted by molar-refractivity contribution is 9.10. The molecule has 1 aromatic heterocycles. The van der Waals surface area contributed by atoms with Gasteiger partial charge in [-0.25, -0.2) is 0 Å². The second kappa shape index (κ2) is 5.06. The second-order valence-corrected chi connectivity index (χ2v) is 5.56. The molecule has 0 spiro atoms. The average molecular weight is 304 g/mol. The number of hydrogen-bond donors (Lipinski definition) is 1. The first-order chi connectivity index (χ1) is 8.03. The summed E-state index contributed by atoms with van der Waals surface area (Å²) in [6.45, 7) is 2.59. The van der Waals surface area contributed by atoms with E-state index in [1.54, 1.807) is 6.20 Å². The van der Waals surface area contributed by atoms with Crippen molar-refractivity contribution in [3.63, 3.8) is 0 Å². The van der Waals surface area contributed by atoms with Crippen LogP contribution >= 0.6 is 15.9 Å². The summed E-state index contributed by atoms with van der Waals surface area (Å²) < 4.78 is 8.01. The van der Waals surface area contributed by atoms with Gasteiger partial charge in [-0.2, -0.15) is 5.10 Å². The van der Waals surface area contributed by atoms with Gasteiger partial charge in [0.05, 0.1) is 29.5 Å². The largest absolute Gasteiger partial charge is 0.381 e. The maximum Gasteiger partial charge on any atom is 0.133 e. The van der Waals surface area contributed by atoms with E-state index in [-0.39, 0.29) is 0 Å². The number of hydrogen-bond acceptors (Lipinski definition) is 4. The smallest absolute Gasteiger partial charge is 0.133 e. The molecule has 5 nitrogen and oxygen atoms in total. The highest BCUT2D eigenvalue weighted by Gasteiger charge is 2.39. The first-order valence-corrected chi connectivity index (χ1v) is 6.49. The summed E-state index contributed by atoms with van der Waals surface area (Å²) in [5.41, 5.74) is -0.0707. The van der Waals surface area contributed by atoms with E-state index >= 15 is 0 Å². The molecule has 2 rings (SSSR count). The van der Waals surface area contributed by atoms with Crippen molar-refractivity contribution >= 4 is 15.9 Å². The number of likely N-dealkylation sites (N-methyl/N-ethyl adjacent to an activating group) is 1. The van der Waals surface area contributed by atoms with Crippen molar-refractivity contribution in [1.29, 1.82) is 0 Å². The number of halogens is 1.